The average molecular weight is 427 g/mol. The van der Waals surface area contributed by atoms with Crippen molar-refractivity contribution in [2.24, 2.45) is 11.8 Å². The van der Waals surface area contributed by atoms with E-state index in [1.54, 1.807) is 7.11 Å². The van der Waals surface area contributed by atoms with E-state index in [0.29, 0.717) is 6.54 Å². The summed E-state index contributed by atoms with van der Waals surface area (Å²) in [6.45, 7) is 5.03. The highest BCUT2D eigenvalue weighted by Crippen LogP contribution is 2.30. The van der Waals surface area contributed by atoms with Crippen LogP contribution in [0.1, 0.15) is 63.9 Å². The highest BCUT2D eigenvalue weighted by atomic mass is 16.5. The zero-order chi connectivity index (χ0) is 22.1. The molecule has 0 amide bonds. The fraction of sp³-hybridized carbons (Fsp3) is 0.615. The van der Waals surface area contributed by atoms with E-state index in [4.69, 9.17) is 4.74 Å². The smallest absolute Gasteiger partial charge is 0.308 e. The predicted octanol–water partition coefficient (Wildman–Crippen LogP) is 5.56. The molecule has 0 unspecified atom stereocenters. The largest absolute Gasteiger partial charge is 0.497 e. The second-order valence-electron chi connectivity index (χ2n) is 8.95. The minimum atomic E-state index is -0.625. The molecule has 1 saturated heterocycles. The molecule has 0 spiro atoms. The number of carboxylic acids is 1. The van der Waals surface area contributed by atoms with Gasteiger partial charge in [-0.05, 0) is 80.9 Å². The average Bonchev–Trinajstić information content (AvgIpc) is 2.79. The molecule has 0 aliphatic carbocycles. The van der Waals surface area contributed by atoms with E-state index >= 15 is 0 Å². The first-order valence-corrected chi connectivity index (χ1v) is 12.0. The molecule has 1 fully saturated rings. The molecule has 170 valence electrons. The van der Waals surface area contributed by atoms with Crippen molar-refractivity contribution in [1.82, 2.24) is 9.88 Å². The van der Waals surface area contributed by atoms with Crippen molar-refractivity contribution in [3.05, 3.63) is 36.0 Å². The summed E-state index contributed by atoms with van der Waals surface area (Å²) in [5.74, 6) is 0.254. The van der Waals surface area contributed by atoms with Gasteiger partial charge in [0.05, 0.1) is 18.5 Å². The molecule has 2 atom stereocenters. The third-order valence-corrected chi connectivity index (χ3v) is 6.80. The standard InChI is InChI=1S/C26H38N2O3/c1-3-4-5-6-7-16-28-17-14-21(24(19-28)26(29)30)10-8-9-20-13-15-27-25-12-11-22(31-2)18-23(20)25/h11-13,15,18,21,24H,3-10,14,16-17,19H2,1-2H3,(H,29,30)/t21-,24+/m1/s1. The van der Waals surface area contributed by atoms with Crippen molar-refractivity contribution in [3.63, 3.8) is 0 Å². The van der Waals surface area contributed by atoms with Gasteiger partial charge >= 0.3 is 5.97 Å². The lowest BCUT2D eigenvalue weighted by atomic mass is 9.81. The lowest BCUT2D eigenvalue weighted by molar-refractivity contribution is -0.146. The fourth-order valence-electron chi connectivity index (χ4n) is 4.92. The number of fused-ring (bicyclic) bond motifs is 1. The summed E-state index contributed by atoms with van der Waals surface area (Å²) >= 11 is 0. The Balaban J connectivity index is 1.52. The van der Waals surface area contributed by atoms with Gasteiger partial charge in [-0.2, -0.15) is 0 Å². The number of carbonyl (C=O) groups is 1. The first-order valence-electron chi connectivity index (χ1n) is 12.0. The SMILES string of the molecule is CCCCCCCN1CC[C@@H](CCCc2ccnc3ccc(OC)cc23)[C@@H](C(=O)O)C1. The Labute approximate surface area is 186 Å². The van der Waals surface area contributed by atoms with Crippen LogP contribution in [0.4, 0.5) is 0 Å². The molecule has 1 aliphatic heterocycles. The molecular weight excluding hydrogens is 388 g/mol. The van der Waals surface area contributed by atoms with Gasteiger partial charge in [0.25, 0.3) is 0 Å². The Morgan fingerprint density at radius 3 is 2.81 bits per heavy atom. The van der Waals surface area contributed by atoms with E-state index in [1.165, 1.54) is 37.7 Å². The second kappa shape index (κ2) is 12.0. The summed E-state index contributed by atoms with van der Waals surface area (Å²) in [7, 11) is 1.68. The van der Waals surface area contributed by atoms with Gasteiger partial charge in [-0.3, -0.25) is 9.78 Å². The van der Waals surface area contributed by atoms with Gasteiger partial charge in [0.2, 0.25) is 0 Å². The minimum absolute atomic E-state index is 0.237. The van der Waals surface area contributed by atoms with Gasteiger partial charge in [-0.1, -0.05) is 32.6 Å². The monoisotopic (exact) mass is 426 g/mol. The highest BCUT2D eigenvalue weighted by molar-refractivity contribution is 5.83. The molecule has 0 saturated carbocycles. The minimum Gasteiger partial charge on any atom is -0.497 e. The second-order valence-corrected chi connectivity index (χ2v) is 8.95. The van der Waals surface area contributed by atoms with Crippen LogP contribution in [-0.2, 0) is 11.2 Å². The van der Waals surface area contributed by atoms with Crippen LogP contribution in [0.3, 0.4) is 0 Å². The Bertz CT molecular complexity index is 839. The Kier molecular flexibility index (Phi) is 9.13. The normalized spacial score (nSPS) is 19.5. The van der Waals surface area contributed by atoms with E-state index in [9.17, 15) is 9.90 Å². The van der Waals surface area contributed by atoms with Crippen LogP contribution in [0, 0.1) is 11.8 Å². The van der Waals surface area contributed by atoms with Crippen LogP contribution in [0.15, 0.2) is 30.5 Å². The van der Waals surface area contributed by atoms with Crippen molar-refractivity contribution in [3.8, 4) is 5.75 Å². The van der Waals surface area contributed by atoms with Crippen LogP contribution >= 0.6 is 0 Å². The highest BCUT2D eigenvalue weighted by Gasteiger charge is 2.33. The molecule has 1 aliphatic rings. The Morgan fingerprint density at radius 1 is 1.19 bits per heavy atom. The lowest BCUT2D eigenvalue weighted by Crippen LogP contribution is -2.44. The number of aromatic nitrogens is 1. The number of piperidine rings is 1. The van der Waals surface area contributed by atoms with Gasteiger partial charge in [0.15, 0.2) is 0 Å². The van der Waals surface area contributed by atoms with Crippen molar-refractivity contribution < 1.29 is 14.6 Å². The molecule has 1 N–H and O–H groups in total. The number of nitrogens with zero attached hydrogens (tertiary/aromatic N) is 2. The molecule has 3 rings (SSSR count). The van der Waals surface area contributed by atoms with Crippen molar-refractivity contribution in [2.45, 2.75) is 64.7 Å². The zero-order valence-corrected chi connectivity index (χ0v) is 19.2. The number of methoxy groups -OCH3 is 1. The summed E-state index contributed by atoms with van der Waals surface area (Å²) < 4.78 is 5.38. The van der Waals surface area contributed by atoms with E-state index in [1.807, 2.05) is 18.3 Å². The molecular formula is C26H38N2O3. The van der Waals surface area contributed by atoms with Gasteiger partial charge in [0, 0.05) is 18.1 Å². The van der Waals surface area contributed by atoms with Gasteiger partial charge in [-0.15, -0.1) is 0 Å². The predicted molar refractivity (Wildman–Crippen MR) is 126 cm³/mol. The van der Waals surface area contributed by atoms with Crippen LogP contribution < -0.4 is 4.74 Å². The molecule has 0 bridgehead atoms. The fourth-order valence-corrected chi connectivity index (χ4v) is 4.92. The van der Waals surface area contributed by atoms with Crippen molar-refractivity contribution >= 4 is 16.9 Å². The van der Waals surface area contributed by atoms with E-state index in [-0.39, 0.29) is 11.8 Å². The quantitative estimate of drug-likeness (QED) is 0.450. The Morgan fingerprint density at radius 2 is 2.03 bits per heavy atom. The van der Waals surface area contributed by atoms with Crippen molar-refractivity contribution in [1.29, 1.82) is 0 Å². The van der Waals surface area contributed by atoms with Crippen molar-refractivity contribution in [2.75, 3.05) is 26.7 Å². The topological polar surface area (TPSA) is 62.7 Å². The van der Waals surface area contributed by atoms with E-state index in [0.717, 1.165) is 55.4 Å². The summed E-state index contributed by atoms with van der Waals surface area (Å²) in [6.07, 6.45) is 12.1. The maximum atomic E-state index is 12.0. The summed E-state index contributed by atoms with van der Waals surface area (Å²) in [5.41, 5.74) is 2.24. The summed E-state index contributed by atoms with van der Waals surface area (Å²) in [4.78, 5) is 18.8. The summed E-state index contributed by atoms with van der Waals surface area (Å²) in [6, 6.07) is 8.07. The van der Waals surface area contributed by atoms with Gasteiger partial charge in [0.1, 0.15) is 5.75 Å². The van der Waals surface area contributed by atoms with E-state index < -0.39 is 5.97 Å². The maximum Gasteiger partial charge on any atom is 0.308 e. The van der Waals surface area contributed by atoms with Crippen LogP contribution in [0.5, 0.6) is 5.75 Å². The molecule has 1 aromatic heterocycles. The van der Waals surface area contributed by atoms with Crippen LogP contribution in [-0.4, -0.2) is 47.7 Å². The Hall–Kier alpha value is -2.14. The number of pyridine rings is 1. The van der Waals surface area contributed by atoms with Gasteiger partial charge in [-0.25, -0.2) is 0 Å². The number of benzene rings is 1. The number of hydrogen-bond donors (Lipinski definition) is 1. The number of hydrogen-bond acceptors (Lipinski definition) is 4. The number of rotatable bonds is 12. The number of ether oxygens (including phenoxy) is 1. The first-order chi connectivity index (χ1) is 15.1. The maximum absolute atomic E-state index is 12.0. The number of aryl methyl sites for hydroxylation is 1. The molecule has 5 nitrogen and oxygen atoms in total. The van der Waals surface area contributed by atoms with Crippen LogP contribution in [0.25, 0.3) is 10.9 Å². The van der Waals surface area contributed by atoms with Crippen LogP contribution in [0.2, 0.25) is 0 Å². The summed E-state index contributed by atoms with van der Waals surface area (Å²) in [5, 5.41) is 11.0. The molecule has 2 heterocycles. The number of unbranched alkanes of at least 4 members (excludes halogenated alkanes) is 4. The molecule has 31 heavy (non-hydrogen) atoms. The third-order valence-electron chi connectivity index (χ3n) is 6.80. The molecule has 1 aromatic carbocycles. The number of aliphatic carboxylic acids is 1. The third kappa shape index (κ3) is 6.67. The van der Waals surface area contributed by atoms with E-state index in [2.05, 4.69) is 28.9 Å². The molecule has 2 aromatic rings. The van der Waals surface area contributed by atoms with Gasteiger partial charge < -0.3 is 14.7 Å². The lowest BCUT2D eigenvalue weighted by Gasteiger charge is -2.36. The zero-order valence-electron chi connectivity index (χ0n) is 19.2. The first kappa shape index (κ1) is 23.5. The molecule has 5 heteroatoms. The number of likely N-dealkylation sites (tertiary alicyclic amines) is 1. The molecule has 0 radical (unpaired) electrons. The number of carboxylic acid groups (broad SMARTS) is 1.